The molecule has 0 unspecified atom stereocenters. The third-order valence-corrected chi connectivity index (χ3v) is 4.16. The third kappa shape index (κ3) is 5.84. The Labute approximate surface area is 169 Å². The van der Waals surface area contributed by atoms with Gasteiger partial charge in [-0.3, -0.25) is 20.4 Å². The number of benzene rings is 3. The van der Waals surface area contributed by atoms with Gasteiger partial charge in [-0.2, -0.15) is 0 Å². The van der Waals surface area contributed by atoms with E-state index in [-0.39, 0.29) is 5.91 Å². The zero-order valence-electron chi connectivity index (χ0n) is 16.1. The summed E-state index contributed by atoms with van der Waals surface area (Å²) in [6, 6.07) is 23.3. The second kappa shape index (κ2) is 9.94. The molecule has 3 rings (SSSR count). The molecule has 2 amide bonds. The lowest BCUT2D eigenvalue weighted by atomic mass is 10.1. The molecule has 0 saturated heterocycles. The van der Waals surface area contributed by atoms with E-state index in [4.69, 9.17) is 9.47 Å². The highest BCUT2D eigenvalue weighted by Gasteiger charge is 2.10. The molecule has 29 heavy (non-hydrogen) atoms. The molecule has 3 aromatic rings. The maximum atomic E-state index is 12.2. The first-order chi connectivity index (χ1) is 14.1. The molecule has 0 aliphatic heterocycles. The molecule has 0 aromatic heterocycles. The smallest absolute Gasteiger partial charge is 0.269 e. The zero-order chi connectivity index (χ0) is 20.5. The molecule has 6 heteroatoms. The van der Waals surface area contributed by atoms with Crippen LogP contribution in [0.15, 0.2) is 78.9 Å². The van der Waals surface area contributed by atoms with Crippen LogP contribution in [0, 0.1) is 6.92 Å². The zero-order valence-corrected chi connectivity index (χ0v) is 16.1. The fraction of sp³-hybridized carbons (Fsp3) is 0.130. The SMILES string of the molecule is Cc1ccccc1C(=O)NNC(=O)c1ccc(OCCOc2ccccc2)cc1. The maximum Gasteiger partial charge on any atom is 0.269 e. The van der Waals surface area contributed by atoms with E-state index >= 15 is 0 Å². The average Bonchev–Trinajstić information content (AvgIpc) is 2.76. The average molecular weight is 390 g/mol. The number of amides is 2. The van der Waals surface area contributed by atoms with Crippen LogP contribution in [0.1, 0.15) is 26.3 Å². The molecule has 2 N–H and O–H groups in total. The minimum atomic E-state index is -0.411. The first kappa shape index (κ1) is 19.9. The van der Waals surface area contributed by atoms with Crippen molar-refractivity contribution in [1.29, 1.82) is 0 Å². The van der Waals surface area contributed by atoms with E-state index in [0.717, 1.165) is 11.3 Å². The van der Waals surface area contributed by atoms with E-state index in [0.29, 0.717) is 30.1 Å². The fourth-order valence-corrected chi connectivity index (χ4v) is 2.62. The first-order valence-electron chi connectivity index (χ1n) is 9.20. The highest BCUT2D eigenvalue weighted by molar-refractivity contribution is 5.99. The van der Waals surface area contributed by atoms with Crippen molar-refractivity contribution in [3.63, 3.8) is 0 Å². The van der Waals surface area contributed by atoms with Crippen LogP contribution in [0.5, 0.6) is 11.5 Å². The van der Waals surface area contributed by atoms with Gasteiger partial charge in [0.25, 0.3) is 11.8 Å². The lowest BCUT2D eigenvalue weighted by Gasteiger charge is -2.10. The van der Waals surface area contributed by atoms with Gasteiger partial charge in [0.05, 0.1) is 0 Å². The van der Waals surface area contributed by atoms with E-state index in [1.165, 1.54) is 0 Å². The summed E-state index contributed by atoms with van der Waals surface area (Å²) in [5.74, 6) is 0.638. The minimum Gasteiger partial charge on any atom is -0.490 e. The van der Waals surface area contributed by atoms with Gasteiger partial charge >= 0.3 is 0 Å². The molecule has 0 aliphatic rings. The molecule has 0 heterocycles. The second-order valence-corrected chi connectivity index (χ2v) is 6.26. The van der Waals surface area contributed by atoms with Crippen molar-refractivity contribution in [1.82, 2.24) is 10.9 Å². The Morgan fingerprint density at radius 3 is 1.90 bits per heavy atom. The predicted molar refractivity (Wildman–Crippen MR) is 110 cm³/mol. The molecule has 0 radical (unpaired) electrons. The maximum absolute atomic E-state index is 12.2. The van der Waals surface area contributed by atoms with Gasteiger partial charge in [0.15, 0.2) is 0 Å². The number of aryl methyl sites for hydroxylation is 1. The van der Waals surface area contributed by atoms with Gasteiger partial charge in [-0.25, -0.2) is 0 Å². The van der Waals surface area contributed by atoms with Crippen LogP contribution < -0.4 is 20.3 Å². The number of rotatable bonds is 7. The number of nitrogens with one attached hydrogen (secondary N) is 2. The molecular weight excluding hydrogens is 368 g/mol. The van der Waals surface area contributed by atoms with Crippen molar-refractivity contribution >= 4 is 11.8 Å². The summed E-state index contributed by atoms with van der Waals surface area (Å²) in [5, 5.41) is 0. The van der Waals surface area contributed by atoms with Gasteiger partial charge in [-0.1, -0.05) is 36.4 Å². The standard InChI is InChI=1S/C23H22N2O4/c1-17-7-5-6-10-21(17)23(27)25-24-22(26)18-11-13-20(14-12-18)29-16-15-28-19-8-3-2-4-9-19/h2-14H,15-16H2,1H3,(H,24,26)(H,25,27). The number of para-hydroxylation sites is 1. The molecule has 0 spiro atoms. The summed E-state index contributed by atoms with van der Waals surface area (Å²) in [5.41, 5.74) is 6.58. The summed E-state index contributed by atoms with van der Waals surface area (Å²) in [7, 11) is 0. The van der Waals surface area contributed by atoms with Crippen LogP contribution >= 0.6 is 0 Å². The summed E-state index contributed by atoms with van der Waals surface area (Å²) < 4.78 is 11.2. The molecule has 6 nitrogen and oxygen atoms in total. The topological polar surface area (TPSA) is 76.7 Å². The Balaban J connectivity index is 1.43. The lowest BCUT2D eigenvalue weighted by Crippen LogP contribution is -2.41. The Bertz CT molecular complexity index is 956. The summed E-state index contributed by atoms with van der Waals surface area (Å²) in [6.45, 7) is 2.63. The van der Waals surface area contributed by atoms with Gasteiger partial charge in [0.2, 0.25) is 0 Å². The van der Waals surface area contributed by atoms with Crippen LogP contribution in [-0.4, -0.2) is 25.0 Å². The van der Waals surface area contributed by atoms with Gasteiger partial charge in [-0.05, 0) is 55.0 Å². The van der Waals surface area contributed by atoms with E-state index < -0.39 is 5.91 Å². The van der Waals surface area contributed by atoms with Gasteiger partial charge in [0, 0.05) is 11.1 Å². The largest absolute Gasteiger partial charge is 0.490 e. The van der Waals surface area contributed by atoms with Gasteiger partial charge < -0.3 is 9.47 Å². The molecule has 0 aliphatic carbocycles. The number of hydrogen-bond donors (Lipinski definition) is 2. The van der Waals surface area contributed by atoms with Crippen molar-refractivity contribution in [2.75, 3.05) is 13.2 Å². The van der Waals surface area contributed by atoms with E-state index in [1.807, 2.05) is 49.4 Å². The van der Waals surface area contributed by atoms with Crippen LogP contribution in [0.4, 0.5) is 0 Å². The number of ether oxygens (including phenoxy) is 2. The van der Waals surface area contributed by atoms with Crippen molar-refractivity contribution < 1.29 is 19.1 Å². The normalized spacial score (nSPS) is 10.1. The highest BCUT2D eigenvalue weighted by Crippen LogP contribution is 2.13. The predicted octanol–water partition coefficient (Wildman–Crippen LogP) is 3.53. The molecular formula is C23H22N2O4. The number of carbonyl (C=O) groups is 2. The summed E-state index contributed by atoms with van der Waals surface area (Å²) in [4.78, 5) is 24.4. The van der Waals surface area contributed by atoms with Crippen molar-refractivity contribution in [3.05, 3.63) is 95.6 Å². The Kier molecular flexibility index (Phi) is 6.84. The first-order valence-corrected chi connectivity index (χ1v) is 9.20. The quantitative estimate of drug-likeness (QED) is 0.478. The molecule has 0 bridgehead atoms. The van der Waals surface area contributed by atoms with E-state index in [1.54, 1.807) is 36.4 Å². The van der Waals surface area contributed by atoms with Crippen LogP contribution in [-0.2, 0) is 0 Å². The van der Waals surface area contributed by atoms with Crippen LogP contribution in [0.2, 0.25) is 0 Å². The summed E-state index contributed by atoms with van der Waals surface area (Å²) >= 11 is 0. The van der Waals surface area contributed by atoms with Crippen molar-refractivity contribution in [3.8, 4) is 11.5 Å². The Morgan fingerprint density at radius 1 is 0.690 bits per heavy atom. The van der Waals surface area contributed by atoms with Crippen LogP contribution in [0.3, 0.4) is 0 Å². The number of hydrogen-bond acceptors (Lipinski definition) is 4. The lowest BCUT2D eigenvalue weighted by molar-refractivity contribution is 0.0846. The number of hydrazine groups is 1. The van der Waals surface area contributed by atoms with E-state index in [9.17, 15) is 9.59 Å². The highest BCUT2D eigenvalue weighted by atomic mass is 16.5. The molecule has 3 aromatic carbocycles. The summed E-state index contributed by atoms with van der Waals surface area (Å²) in [6.07, 6.45) is 0. The minimum absolute atomic E-state index is 0.366. The van der Waals surface area contributed by atoms with Crippen molar-refractivity contribution in [2.45, 2.75) is 6.92 Å². The van der Waals surface area contributed by atoms with E-state index in [2.05, 4.69) is 10.9 Å². The van der Waals surface area contributed by atoms with Gasteiger partial charge in [-0.15, -0.1) is 0 Å². The Morgan fingerprint density at radius 2 is 1.24 bits per heavy atom. The van der Waals surface area contributed by atoms with Crippen molar-refractivity contribution in [2.24, 2.45) is 0 Å². The third-order valence-electron chi connectivity index (χ3n) is 4.16. The molecule has 0 atom stereocenters. The molecule has 0 fully saturated rings. The van der Waals surface area contributed by atoms with Gasteiger partial charge in [0.1, 0.15) is 24.7 Å². The fourth-order valence-electron chi connectivity index (χ4n) is 2.62. The molecule has 148 valence electrons. The second-order valence-electron chi connectivity index (χ2n) is 6.26. The number of carbonyl (C=O) groups excluding carboxylic acids is 2. The Hall–Kier alpha value is -3.80. The molecule has 0 saturated carbocycles. The monoisotopic (exact) mass is 390 g/mol. The van der Waals surface area contributed by atoms with Crippen LogP contribution in [0.25, 0.3) is 0 Å².